The fourth-order valence-corrected chi connectivity index (χ4v) is 3.48. The molecule has 28 heavy (non-hydrogen) atoms. The second-order valence-corrected chi connectivity index (χ2v) is 7.42. The molecular formula is C22H24N4O2. The van der Waals surface area contributed by atoms with Crippen LogP contribution >= 0.6 is 0 Å². The van der Waals surface area contributed by atoms with E-state index in [0.29, 0.717) is 24.8 Å². The lowest BCUT2D eigenvalue weighted by Crippen LogP contribution is -2.29. The molecule has 2 atom stereocenters. The summed E-state index contributed by atoms with van der Waals surface area (Å²) >= 11 is 0. The summed E-state index contributed by atoms with van der Waals surface area (Å²) in [6.07, 6.45) is 2.87. The quantitative estimate of drug-likeness (QED) is 0.665. The van der Waals surface area contributed by atoms with Crippen LogP contribution in [-0.2, 0) is 16.1 Å². The van der Waals surface area contributed by atoms with E-state index in [1.165, 1.54) is 10.8 Å². The number of hydrogen-bond acceptors (Lipinski definition) is 3. The van der Waals surface area contributed by atoms with Gasteiger partial charge in [-0.3, -0.25) is 9.59 Å². The van der Waals surface area contributed by atoms with Gasteiger partial charge in [0.25, 0.3) is 0 Å². The van der Waals surface area contributed by atoms with E-state index in [-0.39, 0.29) is 24.2 Å². The standard InChI is InChI=1S/C22H24N4O2/c1-15-13-19(15)22(28)23-11-10-21(27)25-20-9-12-24-26(20)14-17-7-4-6-16-5-2-3-8-18(16)17/h2-9,12,15,19H,10-11,13-14H2,1H3,(H,23,28)(H,25,27)/t15-,19-/m0/s1. The number of nitrogens with one attached hydrogen (secondary N) is 2. The Morgan fingerprint density at radius 1 is 1.14 bits per heavy atom. The van der Waals surface area contributed by atoms with Gasteiger partial charge in [-0.2, -0.15) is 5.10 Å². The number of anilines is 1. The van der Waals surface area contributed by atoms with Crippen molar-refractivity contribution < 1.29 is 9.59 Å². The Kier molecular flexibility index (Phi) is 5.10. The van der Waals surface area contributed by atoms with Crippen molar-refractivity contribution in [2.75, 3.05) is 11.9 Å². The Hall–Kier alpha value is -3.15. The Bertz CT molecular complexity index is 1010. The van der Waals surface area contributed by atoms with Crippen LogP contribution in [-0.4, -0.2) is 28.1 Å². The highest BCUT2D eigenvalue weighted by molar-refractivity contribution is 5.90. The molecular weight excluding hydrogens is 352 g/mol. The van der Waals surface area contributed by atoms with Gasteiger partial charge < -0.3 is 10.6 Å². The number of rotatable bonds is 7. The van der Waals surface area contributed by atoms with Gasteiger partial charge in [0, 0.05) is 24.9 Å². The molecule has 2 N–H and O–H groups in total. The molecule has 0 saturated heterocycles. The maximum Gasteiger partial charge on any atom is 0.227 e. The summed E-state index contributed by atoms with van der Waals surface area (Å²) in [5.41, 5.74) is 1.14. The van der Waals surface area contributed by atoms with Crippen LogP contribution in [0, 0.1) is 11.8 Å². The van der Waals surface area contributed by atoms with Gasteiger partial charge in [-0.05, 0) is 28.7 Å². The molecule has 0 bridgehead atoms. The molecule has 4 rings (SSSR count). The normalized spacial score (nSPS) is 18.0. The summed E-state index contributed by atoms with van der Waals surface area (Å²) in [7, 11) is 0. The van der Waals surface area contributed by atoms with Crippen molar-refractivity contribution >= 4 is 28.4 Å². The van der Waals surface area contributed by atoms with E-state index in [1.54, 1.807) is 16.9 Å². The Labute approximate surface area is 163 Å². The molecule has 1 fully saturated rings. The van der Waals surface area contributed by atoms with E-state index in [2.05, 4.69) is 46.9 Å². The van der Waals surface area contributed by atoms with Crippen LogP contribution in [0.15, 0.2) is 54.7 Å². The van der Waals surface area contributed by atoms with Crippen molar-refractivity contribution in [3.8, 4) is 0 Å². The molecule has 2 aromatic carbocycles. The minimum atomic E-state index is -0.135. The largest absolute Gasteiger partial charge is 0.355 e. The first-order chi connectivity index (χ1) is 13.6. The fraction of sp³-hybridized carbons (Fsp3) is 0.318. The highest BCUT2D eigenvalue weighted by atomic mass is 16.2. The lowest BCUT2D eigenvalue weighted by atomic mass is 10.0. The SMILES string of the molecule is C[C@H]1C[C@@H]1C(=O)NCCC(=O)Nc1ccnn1Cc1cccc2ccccc12. The van der Waals surface area contributed by atoms with Gasteiger partial charge >= 0.3 is 0 Å². The first-order valence-corrected chi connectivity index (χ1v) is 9.68. The number of carbonyl (C=O) groups is 2. The molecule has 0 unspecified atom stereocenters. The molecule has 0 spiro atoms. The fourth-order valence-electron chi connectivity index (χ4n) is 3.48. The minimum Gasteiger partial charge on any atom is -0.355 e. The van der Waals surface area contributed by atoms with Crippen LogP contribution in [0.25, 0.3) is 10.8 Å². The molecule has 2 amide bonds. The lowest BCUT2D eigenvalue weighted by Gasteiger charge is -2.11. The van der Waals surface area contributed by atoms with E-state index in [1.807, 2.05) is 18.2 Å². The summed E-state index contributed by atoms with van der Waals surface area (Å²) < 4.78 is 1.78. The Balaban J connectivity index is 1.36. The van der Waals surface area contributed by atoms with Crippen LogP contribution in [0.5, 0.6) is 0 Å². The van der Waals surface area contributed by atoms with E-state index in [0.717, 1.165) is 12.0 Å². The summed E-state index contributed by atoms with van der Waals surface area (Å²) in [6, 6.07) is 16.2. The van der Waals surface area contributed by atoms with Gasteiger partial charge in [-0.25, -0.2) is 4.68 Å². The van der Waals surface area contributed by atoms with Crippen molar-refractivity contribution in [3.05, 3.63) is 60.3 Å². The van der Waals surface area contributed by atoms with Gasteiger partial charge in [0.1, 0.15) is 5.82 Å². The first-order valence-electron chi connectivity index (χ1n) is 9.68. The van der Waals surface area contributed by atoms with Crippen LogP contribution in [0.2, 0.25) is 0 Å². The predicted molar refractivity (Wildman–Crippen MR) is 109 cm³/mol. The molecule has 1 aliphatic carbocycles. The average molecular weight is 376 g/mol. The predicted octanol–water partition coefficient (Wildman–Crippen LogP) is 3.19. The molecule has 1 aliphatic rings. The molecule has 144 valence electrons. The van der Waals surface area contributed by atoms with Crippen molar-refractivity contribution in [2.45, 2.75) is 26.3 Å². The van der Waals surface area contributed by atoms with E-state index < -0.39 is 0 Å². The van der Waals surface area contributed by atoms with Gasteiger partial charge in [-0.15, -0.1) is 0 Å². The molecule has 6 heteroatoms. The summed E-state index contributed by atoms with van der Waals surface area (Å²) in [5.74, 6) is 1.17. The van der Waals surface area contributed by atoms with Crippen LogP contribution < -0.4 is 10.6 Å². The number of aromatic nitrogens is 2. The maximum atomic E-state index is 12.3. The molecule has 1 saturated carbocycles. The van der Waals surface area contributed by atoms with E-state index in [9.17, 15) is 9.59 Å². The average Bonchev–Trinajstić information content (AvgIpc) is 3.28. The summed E-state index contributed by atoms with van der Waals surface area (Å²) in [6.45, 7) is 2.99. The van der Waals surface area contributed by atoms with Crippen LogP contribution in [0.1, 0.15) is 25.3 Å². The number of nitrogens with zero attached hydrogens (tertiary/aromatic N) is 2. The van der Waals surface area contributed by atoms with Gasteiger partial charge in [0.15, 0.2) is 0 Å². The highest BCUT2D eigenvalue weighted by Crippen LogP contribution is 2.37. The number of carbonyl (C=O) groups excluding carboxylic acids is 2. The van der Waals surface area contributed by atoms with Gasteiger partial charge in [0.2, 0.25) is 11.8 Å². The van der Waals surface area contributed by atoms with Crippen molar-refractivity contribution in [1.82, 2.24) is 15.1 Å². The second kappa shape index (κ2) is 7.84. The summed E-state index contributed by atoms with van der Waals surface area (Å²) in [4.78, 5) is 24.1. The summed E-state index contributed by atoms with van der Waals surface area (Å²) in [5, 5.41) is 12.4. The lowest BCUT2D eigenvalue weighted by molar-refractivity contribution is -0.122. The molecule has 6 nitrogen and oxygen atoms in total. The number of hydrogen-bond donors (Lipinski definition) is 2. The molecule has 1 heterocycles. The van der Waals surface area contributed by atoms with E-state index >= 15 is 0 Å². The second-order valence-electron chi connectivity index (χ2n) is 7.42. The first kappa shape index (κ1) is 18.2. The smallest absolute Gasteiger partial charge is 0.227 e. The highest BCUT2D eigenvalue weighted by Gasteiger charge is 2.38. The zero-order valence-electron chi connectivity index (χ0n) is 15.9. The van der Waals surface area contributed by atoms with Gasteiger partial charge in [-0.1, -0.05) is 49.4 Å². The van der Waals surface area contributed by atoms with Crippen LogP contribution in [0.4, 0.5) is 5.82 Å². The van der Waals surface area contributed by atoms with Gasteiger partial charge in [0.05, 0.1) is 12.7 Å². The number of benzene rings is 2. The van der Waals surface area contributed by atoms with Crippen LogP contribution in [0.3, 0.4) is 0 Å². The Morgan fingerprint density at radius 2 is 1.93 bits per heavy atom. The number of amides is 2. The Morgan fingerprint density at radius 3 is 2.75 bits per heavy atom. The van der Waals surface area contributed by atoms with E-state index in [4.69, 9.17) is 0 Å². The minimum absolute atomic E-state index is 0.0568. The molecule has 3 aromatic rings. The number of fused-ring (bicyclic) bond motifs is 1. The van der Waals surface area contributed by atoms with Crippen molar-refractivity contribution in [3.63, 3.8) is 0 Å². The third-order valence-corrected chi connectivity index (χ3v) is 5.28. The third-order valence-electron chi connectivity index (χ3n) is 5.28. The topological polar surface area (TPSA) is 76.0 Å². The molecule has 0 aliphatic heterocycles. The molecule has 1 aromatic heterocycles. The zero-order valence-corrected chi connectivity index (χ0v) is 15.9. The zero-order chi connectivity index (χ0) is 19.5. The maximum absolute atomic E-state index is 12.3. The molecule has 0 radical (unpaired) electrons. The monoisotopic (exact) mass is 376 g/mol. The van der Waals surface area contributed by atoms with Crippen molar-refractivity contribution in [2.24, 2.45) is 11.8 Å². The van der Waals surface area contributed by atoms with Crippen molar-refractivity contribution in [1.29, 1.82) is 0 Å². The third kappa shape index (κ3) is 4.06.